The average molecular weight is 308 g/mol. The molecule has 7 heteroatoms. The third-order valence-corrected chi connectivity index (χ3v) is 2.76. The van der Waals surface area contributed by atoms with Crippen LogP contribution >= 0.6 is 11.6 Å². The molecular formula is C14H18ClN5O. The van der Waals surface area contributed by atoms with Gasteiger partial charge in [-0.15, -0.1) is 0 Å². The highest BCUT2D eigenvalue weighted by atomic mass is 35.5. The first-order valence-electron chi connectivity index (χ1n) is 6.76. The van der Waals surface area contributed by atoms with Crippen LogP contribution in [0, 0.1) is 6.92 Å². The predicted octanol–water partition coefficient (Wildman–Crippen LogP) is 2.76. The van der Waals surface area contributed by atoms with Crippen molar-refractivity contribution in [2.45, 2.75) is 13.8 Å². The number of hydrogen-bond acceptors (Lipinski definition) is 6. The highest BCUT2D eigenvalue weighted by Crippen LogP contribution is 2.12. The third kappa shape index (κ3) is 5.07. The molecule has 2 N–H and O–H groups in total. The van der Waals surface area contributed by atoms with Crippen LogP contribution in [0.15, 0.2) is 24.3 Å². The molecule has 21 heavy (non-hydrogen) atoms. The fourth-order valence-corrected chi connectivity index (χ4v) is 1.86. The molecule has 1 aromatic carbocycles. The van der Waals surface area contributed by atoms with Gasteiger partial charge in [-0.3, -0.25) is 0 Å². The van der Waals surface area contributed by atoms with Gasteiger partial charge in [0, 0.05) is 6.54 Å². The van der Waals surface area contributed by atoms with Gasteiger partial charge in [0.2, 0.25) is 17.2 Å². The first-order valence-corrected chi connectivity index (χ1v) is 7.14. The number of benzene rings is 1. The summed E-state index contributed by atoms with van der Waals surface area (Å²) < 4.78 is 5.63. The number of anilines is 2. The van der Waals surface area contributed by atoms with Crippen molar-refractivity contribution < 1.29 is 4.74 Å². The summed E-state index contributed by atoms with van der Waals surface area (Å²) in [5, 5.41) is 6.21. The maximum absolute atomic E-state index is 5.84. The number of nitrogens with zero attached hydrogens (tertiary/aromatic N) is 3. The molecule has 0 amide bonds. The van der Waals surface area contributed by atoms with E-state index in [1.54, 1.807) is 0 Å². The van der Waals surface area contributed by atoms with Gasteiger partial charge in [-0.1, -0.05) is 12.1 Å². The van der Waals surface area contributed by atoms with Crippen LogP contribution in [0.25, 0.3) is 0 Å². The summed E-state index contributed by atoms with van der Waals surface area (Å²) in [6.45, 7) is 5.78. The molecule has 0 aliphatic heterocycles. The Morgan fingerprint density at radius 1 is 1.14 bits per heavy atom. The Hall–Kier alpha value is -2.08. The zero-order valence-electron chi connectivity index (χ0n) is 12.1. The van der Waals surface area contributed by atoms with Crippen LogP contribution in [0.4, 0.5) is 11.9 Å². The van der Waals surface area contributed by atoms with Crippen molar-refractivity contribution in [2.24, 2.45) is 0 Å². The maximum Gasteiger partial charge on any atom is 0.228 e. The quantitative estimate of drug-likeness (QED) is 0.766. The predicted molar refractivity (Wildman–Crippen MR) is 84.2 cm³/mol. The standard InChI is InChI=1S/C14H18ClN5O/c1-3-16-13-18-12(15)19-14(20-13)17-7-8-21-11-6-4-5-10(2)9-11/h4-6,9H,3,7-8H2,1-2H3,(H2,16,17,18,19,20). The highest BCUT2D eigenvalue weighted by molar-refractivity contribution is 6.28. The summed E-state index contributed by atoms with van der Waals surface area (Å²) >= 11 is 5.84. The lowest BCUT2D eigenvalue weighted by atomic mass is 10.2. The number of halogens is 1. The molecule has 112 valence electrons. The molecule has 0 radical (unpaired) electrons. The minimum atomic E-state index is 0.156. The molecule has 0 aliphatic carbocycles. The van der Waals surface area contributed by atoms with E-state index in [2.05, 4.69) is 25.6 Å². The smallest absolute Gasteiger partial charge is 0.228 e. The lowest BCUT2D eigenvalue weighted by Crippen LogP contribution is -2.15. The molecule has 0 atom stereocenters. The fraction of sp³-hybridized carbons (Fsp3) is 0.357. The van der Waals surface area contributed by atoms with E-state index in [-0.39, 0.29) is 5.28 Å². The normalized spacial score (nSPS) is 10.2. The Morgan fingerprint density at radius 3 is 2.62 bits per heavy atom. The molecule has 0 saturated heterocycles. The summed E-state index contributed by atoms with van der Waals surface area (Å²) in [6.07, 6.45) is 0. The monoisotopic (exact) mass is 307 g/mol. The first-order chi connectivity index (χ1) is 10.2. The number of hydrogen-bond donors (Lipinski definition) is 2. The molecule has 2 aromatic rings. The van der Waals surface area contributed by atoms with E-state index in [0.29, 0.717) is 25.0 Å². The van der Waals surface area contributed by atoms with Crippen LogP contribution in [-0.4, -0.2) is 34.6 Å². The lowest BCUT2D eigenvalue weighted by Gasteiger charge is -2.09. The van der Waals surface area contributed by atoms with Gasteiger partial charge in [0.15, 0.2) is 0 Å². The van der Waals surface area contributed by atoms with Crippen molar-refractivity contribution >= 4 is 23.5 Å². The van der Waals surface area contributed by atoms with Gasteiger partial charge in [-0.05, 0) is 43.1 Å². The molecule has 0 bridgehead atoms. The zero-order chi connectivity index (χ0) is 15.1. The Kier molecular flexibility index (Phi) is 5.57. The Morgan fingerprint density at radius 2 is 1.90 bits per heavy atom. The van der Waals surface area contributed by atoms with Crippen LogP contribution in [-0.2, 0) is 0 Å². The molecule has 0 spiro atoms. The van der Waals surface area contributed by atoms with Gasteiger partial charge in [-0.2, -0.15) is 15.0 Å². The number of nitrogens with one attached hydrogen (secondary N) is 2. The second-order valence-corrected chi connectivity index (χ2v) is 4.71. The number of aromatic nitrogens is 3. The van der Waals surface area contributed by atoms with Crippen molar-refractivity contribution in [3.8, 4) is 5.75 Å². The molecule has 1 aromatic heterocycles. The minimum absolute atomic E-state index is 0.156. The van der Waals surface area contributed by atoms with Crippen molar-refractivity contribution in [2.75, 3.05) is 30.3 Å². The van der Waals surface area contributed by atoms with Crippen molar-refractivity contribution in [3.05, 3.63) is 35.1 Å². The molecular weight excluding hydrogens is 290 g/mol. The Labute approximate surface area is 128 Å². The van der Waals surface area contributed by atoms with Crippen LogP contribution in [0.1, 0.15) is 12.5 Å². The second kappa shape index (κ2) is 7.64. The number of ether oxygens (including phenoxy) is 1. The van der Waals surface area contributed by atoms with Gasteiger partial charge >= 0.3 is 0 Å². The average Bonchev–Trinajstić information content (AvgIpc) is 2.43. The van der Waals surface area contributed by atoms with Gasteiger partial charge in [-0.25, -0.2) is 0 Å². The lowest BCUT2D eigenvalue weighted by molar-refractivity contribution is 0.332. The fourth-order valence-electron chi connectivity index (χ4n) is 1.70. The van der Waals surface area contributed by atoms with E-state index in [4.69, 9.17) is 16.3 Å². The molecule has 0 aliphatic rings. The molecule has 6 nitrogen and oxygen atoms in total. The maximum atomic E-state index is 5.84. The van der Waals surface area contributed by atoms with E-state index in [1.165, 1.54) is 5.56 Å². The zero-order valence-corrected chi connectivity index (χ0v) is 12.8. The van der Waals surface area contributed by atoms with Crippen molar-refractivity contribution in [1.82, 2.24) is 15.0 Å². The van der Waals surface area contributed by atoms with Gasteiger partial charge in [0.1, 0.15) is 12.4 Å². The van der Waals surface area contributed by atoms with Crippen molar-refractivity contribution in [1.29, 1.82) is 0 Å². The SMILES string of the molecule is CCNc1nc(Cl)nc(NCCOc2cccc(C)c2)n1. The number of rotatable bonds is 7. The summed E-state index contributed by atoms with van der Waals surface area (Å²) in [7, 11) is 0. The number of aryl methyl sites for hydroxylation is 1. The van der Waals surface area contributed by atoms with E-state index in [0.717, 1.165) is 12.3 Å². The van der Waals surface area contributed by atoms with Crippen LogP contribution in [0.5, 0.6) is 5.75 Å². The largest absolute Gasteiger partial charge is 0.492 e. The molecule has 2 rings (SSSR count). The Bertz CT molecular complexity index is 593. The van der Waals surface area contributed by atoms with Gasteiger partial charge in [0.25, 0.3) is 0 Å². The topological polar surface area (TPSA) is 72.0 Å². The van der Waals surface area contributed by atoms with Gasteiger partial charge in [0.05, 0.1) is 6.54 Å². The summed E-state index contributed by atoms with van der Waals surface area (Å²) in [4.78, 5) is 12.2. The minimum Gasteiger partial charge on any atom is -0.492 e. The molecule has 1 heterocycles. The van der Waals surface area contributed by atoms with E-state index in [9.17, 15) is 0 Å². The van der Waals surface area contributed by atoms with Crippen LogP contribution in [0.2, 0.25) is 5.28 Å². The summed E-state index contributed by atoms with van der Waals surface area (Å²) in [6, 6.07) is 7.91. The molecule has 0 unspecified atom stereocenters. The van der Waals surface area contributed by atoms with Crippen molar-refractivity contribution in [3.63, 3.8) is 0 Å². The third-order valence-electron chi connectivity index (χ3n) is 2.59. The van der Waals surface area contributed by atoms with E-state index >= 15 is 0 Å². The Balaban J connectivity index is 1.83. The van der Waals surface area contributed by atoms with E-state index < -0.39 is 0 Å². The molecule has 0 saturated carbocycles. The highest BCUT2D eigenvalue weighted by Gasteiger charge is 2.03. The molecule has 0 fully saturated rings. The summed E-state index contributed by atoms with van der Waals surface area (Å²) in [5.41, 5.74) is 1.17. The van der Waals surface area contributed by atoms with E-state index in [1.807, 2.05) is 38.1 Å². The van der Waals surface area contributed by atoms with Crippen LogP contribution in [0.3, 0.4) is 0 Å². The second-order valence-electron chi connectivity index (χ2n) is 4.37. The summed E-state index contributed by atoms with van der Waals surface area (Å²) in [5.74, 6) is 1.73. The van der Waals surface area contributed by atoms with Crippen LogP contribution < -0.4 is 15.4 Å². The van der Waals surface area contributed by atoms with Gasteiger partial charge < -0.3 is 15.4 Å². The first kappa shape index (κ1) is 15.3.